The Morgan fingerprint density at radius 3 is 2.67 bits per heavy atom. The number of rotatable bonds is 1. The van der Waals surface area contributed by atoms with Gasteiger partial charge in [-0.15, -0.1) is 0 Å². The highest BCUT2D eigenvalue weighted by Gasteiger charge is 2.20. The van der Waals surface area contributed by atoms with Gasteiger partial charge in [-0.1, -0.05) is 41.9 Å². The van der Waals surface area contributed by atoms with E-state index in [1.807, 2.05) is 30.3 Å². The van der Waals surface area contributed by atoms with Gasteiger partial charge >= 0.3 is 0 Å². The lowest BCUT2D eigenvalue weighted by Gasteiger charge is -2.25. The maximum Gasteiger partial charge on any atom is 0.224 e. The van der Waals surface area contributed by atoms with Crippen molar-refractivity contribution in [3.63, 3.8) is 0 Å². The van der Waals surface area contributed by atoms with Gasteiger partial charge in [0.2, 0.25) is 5.91 Å². The first-order chi connectivity index (χ1) is 10.1. The molecule has 3 rings (SSSR count). The highest BCUT2D eigenvalue weighted by molar-refractivity contribution is 6.31. The van der Waals surface area contributed by atoms with Crippen molar-refractivity contribution in [3.8, 4) is 0 Å². The SMILES string of the molecule is O=C1CCC(c2ccccc2)Nc2cc(Cl)c(F)cc2N1. The zero-order chi connectivity index (χ0) is 14.8. The number of hydrogen-bond acceptors (Lipinski definition) is 2. The van der Waals surface area contributed by atoms with E-state index in [9.17, 15) is 9.18 Å². The third-order valence-corrected chi connectivity index (χ3v) is 3.82. The summed E-state index contributed by atoms with van der Waals surface area (Å²) in [6.45, 7) is 0. The number of halogens is 2. The first-order valence-corrected chi connectivity index (χ1v) is 7.11. The van der Waals surface area contributed by atoms with Crippen molar-refractivity contribution < 1.29 is 9.18 Å². The van der Waals surface area contributed by atoms with Crippen LogP contribution in [0.1, 0.15) is 24.4 Å². The molecule has 0 aliphatic carbocycles. The fourth-order valence-electron chi connectivity index (χ4n) is 2.45. The van der Waals surface area contributed by atoms with Crippen LogP contribution in [0.5, 0.6) is 0 Å². The van der Waals surface area contributed by atoms with Crippen molar-refractivity contribution >= 4 is 28.9 Å². The van der Waals surface area contributed by atoms with Crippen LogP contribution < -0.4 is 10.6 Å². The van der Waals surface area contributed by atoms with Gasteiger partial charge in [-0.3, -0.25) is 4.79 Å². The first-order valence-electron chi connectivity index (χ1n) is 6.74. The monoisotopic (exact) mass is 304 g/mol. The van der Waals surface area contributed by atoms with Crippen LogP contribution in [0.25, 0.3) is 0 Å². The van der Waals surface area contributed by atoms with E-state index >= 15 is 0 Å². The zero-order valence-electron chi connectivity index (χ0n) is 11.2. The second-order valence-corrected chi connectivity index (χ2v) is 5.41. The van der Waals surface area contributed by atoms with Crippen molar-refractivity contribution in [2.45, 2.75) is 18.9 Å². The average molecular weight is 305 g/mol. The minimum Gasteiger partial charge on any atom is -0.376 e. The average Bonchev–Trinajstić information content (AvgIpc) is 2.47. The largest absolute Gasteiger partial charge is 0.376 e. The summed E-state index contributed by atoms with van der Waals surface area (Å²) in [5.74, 6) is -0.672. The number of hydrogen-bond donors (Lipinski definition) is 2. The highest BCUT2D eigenvalue weighted by Crippen LogP contribution is 2.34. The van der Waals surface area contributed by atoms with Gasteiger partial charge in [0.15, 0.2) is 0 Å². The van der Waals surface area contributed by atoms with Crippen LogP contribution in [0.4, 0.5) is 15.8 Å². The zero-order valence-corrected chi connectivity index (χ0v) is 12.0. The fraction of sp³-hybridized carbons (Fsp3) is 0.188. The van der Waals surface area contributed by atoms with E-state index in [1.165, 1.54) is 12.1 Å². The van der Waals surface area contributed by atoms with E-state index in [0.29, 0.717) is 24.2 Å². The van der Waals surface area contributed by atoms with Crippen LogP contribution >= 0.6 is 11.6 Å². The quantitative estimate of drug-likeness (QED) is 0.821. The Morgan fingerprint density at radius 2 is 1.90 bits per heavy atom. The predicted molar refractivity (Wildman–Crippen MR) is 82.1 cm³/mol. The van der Waals surface area contributed by atoms with Crippen LogP contribution in [-0.4, -0.2) is 5.91 Å². The second-order valence-electron chi connectivity index (χ2n) is 5.01. The van der Waals surface area contributed by atoms with Gasteiger partial charge in [0.25, 0.3) is 0 Å². The molecule has 0 radical (unpaired) electrons. The molecule has 2 aromatic carbocycles. The Kier molecular flexibility index (Phi) is 3.80. The van der Waals surface area contributed by atoms with Crippen LogP contribution in [0.15, 0.2) is 42.5 Å². The molecule has 0 fully saturated rings. The smallest absolute Gasteiger partial charge is 0.224 e. The van der Waals surface area contributed by atoms with Crippen molar-refractivity contribution in [1.82, 2.24) is 0 Å². The molecular formula is C16H14ClFN2O. The number of carbonyl (C=O) groups excluding carboxylic acids is 1. The van der Waals surface area contributed by atoms with Gasteiger partial charge in [-0.2, -0.15) is 0 Å². The highest BCUT2D eigenvalue weighted by atomic mass is 35.5. The molecule has 0 saturated heterocycles. The molecule has 1 aliphatic heterocycles. The lowest BCUT2D eigenvalue weighted by molar-refractivity contribution is -0.116. The minimum absolute atomic E-state index is 0.0162. The van der Waals surface area contributed by atoms with Gasteiger partial charge in [0.1, 0.15) is 5.82 Å². The molecule has 108 valence electrons. The minimum atomic E-state index is -0.547. The summed E-state index contributed by atoms with van der Waals surface area (Å²) in [4.78, 5) is 11.9. The van der Waals surface area contributed by atoms with Crippen LogP contribution in [0.2, 0.25) is 5.02 Å². The van der Waals surface area contributed by atoms with E-state index in [4.69, 9.17) is 11.6 Å². The maximum absolute atomic E-state index is 13.6. The lowest BCUT2D eigenvalue weighted by atomic mass is 10.00. The number of anilines is 2. The van der Waals surface area contributed by atoms with E-state index in [0.717, 1.165) is 5.56 Å². The van der Waals surface area contributed by atoms with Gasteiger partial charge in [0.05, 0.1) is 22.4 Å². The molecule has 0 aromatic heterocycles. The fourth-order valence-corrected chi connectivity index (χ4v) is 2.62. The first kappa shape index (κ1) is 13.9. The van der Waals surface area contributed by atoms with E-state index in [2.05, 4.69) is 10.6 Å². The predicted octanol–water partition coefficient (Wildman–Crippen LogP) is 4.36. The summed E-state index contributed by atoms with van der Waals surface area (Å²) in [7, 11) is 0. The van der Waals surface area contributed by atoms with E-state index in [-0.39, 0.29) is 17.0 Å². The summed E-state index contributed by atoms with van der Waals surface area (Å²) in [6, 6.07) is 12.6. The molecule has 5 heteroatoms. The number of fused-ring (bicyclic) bond motifs is 1. The van der Waals surface area contributed by atoms with Crippen molar-refractivity contribution in [3.05, 3.63) is 58.9 Å². The summed E-state index contributed by atoms with van der Waals surface area (Å²) < 4.78 is 13.6. The van der Waals surface area contributed by atoms with Gasteiger partial charge < -0.3 is 10.6 Å². The molecule has 3 nitrogen and oxygen atoms in total. The standard InChI is InChI=1S/C16H14ClFN2O/c17-11-8-14-15(9-12(11)18)20-16(21)7-6-13(19-14)10-4-2-1-3-5-10/h1-5,8-9,13,19H,6-7H2,(H,20,21). The molecule has 2 N–H and O–H groups in total. The Bertz CT molecular complexity index is 675. The summed E-state index contributed by atoms with van der Waals surface area (Å²) in [6.07, 6.45) is 1.03. The Hall–Kier alpha value is -2.07. The van der Waals surface area contributed by atoms with E-state index in [1.54, 1.807) is 0 Å². The Labute approximate surface area is 127 Å². The third-order valence-electron chi connectivity index (χ3n) is 3.53. The molecule has 21 heavy (non-hydrogen) atoms. The number of amides is 1. The molecule has 2 aromatic rings. The molecule has 1 atom stereocenters. The molecule has 1 heterocycles. The van der Waals surface area contributed by atoms with Gasteiger partial charge in [-0.25, -0.2) is 4.39 Å². The third kappa shape index (κ3) is 3.00. The topological polar surface area (TPSA) is 41.1 Å². The normalized spacial score (nSPS) is 18.0. The number of carbonyl (C=O) groups is 1. The maximum atomic E-state index is 13.6. The lowest BCUT2D eigenvalue weighted by Crippen LogP contribution is -2.21. The molecule has 0 bridgehead atoms. The second kappa shape index (κ2) is 5.74. The van der Waals surface area contributed by atoms with E-state index < -0.39 is 5.82 Å². The molecule has 1 aliphatic rings. The molecule has 1 amide bonds. The van der Waals surface area contributed by atoms with Crippen LogP contribution in [0.3, 0.4) is 0 Å². The summed E-state index contributed by atoms with van der Waals surface area (Å²) >= 11 is 5.84. The van der Waals surface area contributed by atoms with Gasteiger partial charge in [-0.05, 0) is 18.1 Å². The summed E-state index contributed by atoms with van der Waals surface area (Å²) in [5.41, 5.74) is 2.13. The molecule has 0 saturated carbocycles. The Balaban J connectivity index is 2.00. The Morgan fingerprint density at radius 1 is 1.14 bits per heavy atom. The number of nitrogens with one attached hydrogen (secondary N) is 2. The van der Waals surface area contributed by atoms with Crippen molar-refractivity contribution in [2.24, 2.45) is 0 Å². The van der Waals surface area contributed by atoms with Crippen molar-refractivity contribution in [2.75, 3.05) is 10.6 Å². The van der Waals surface area contributed by atoms with Crippen LogP contribution in [-0.2, 0) is 4.79 Å². The molecule has 1 unspecified atom stereocenters. The van der Waals surface area contributed by atoms with Crippen LogP contribution in [0, 0.1) is 5.82 Å². The number of benzene rings is 2. The molecule has 0 spiro atoms. The summed E-state index contributed by atoms with van der Waals surface area (Å²) in [5, 5.41) is 6.07. The van der Waals surface area contributed by atoms with Gasteiger partial charge in [0, 0.05) is 12.5 Å². The molecular weight excluding hydrogens is 291 g/mol. The van der Waals surface area contributed by atoms with Crippen molar-refractivity contribution in [1.29, 1.82) is 0 Å².